The van der Waals surface area contributed by atoms with Gasteiger partial charge in [0.15, 0.2) is 5.82 Å². The molecule has 1 atom stereocenters. The van der Waals surface area contributed by atoms with Crippen LogP contribution in [0.5, 0.6) is 0 Å². The molecule has 5 rings (SSSR count). The Hall–Kier alpha value is -2.79. The smallest absolute Gasteiger partial charge is 0.249 e. The van der Waals surface area contributed by atoms with Gasteiger partial charge in [-0.1, -0.05) is 0 Å². The summed E-state index contributed by atoms with van der Waals surface area (Å²) in [6.45, 7) is 2.46. The molecule has 8 heteroatoms. The minimum Gasteiger partial charge on any atom is -0.294 e. The summed E-state index contributed by atoms with van der Waals surface area (Å²) in [7, 11) is 0. The van der Waals surface area contributed by atoms with Crippen molar-refractivity contribution in [3.8, 4) is 16.6 Å². The summed E-state index contributed by atoms with van der Waals surface area (Å²) in [5.74, 6) is 0.655. The number of hydrogen-bond acceptors (Lipinski definition) is 6. The lowest BCUT2D eigenvalue weighted by Crippen LogP contribution is -2.36. The Kier molecular flexibility index (Phi) is 3.18. The zero-order valence-electron chi connectivity index (χ0n) is 14.2. The van der Waals surface area contributed by atoms with Crippen molar-refractivity contribution in [1.82, 2.24) is 19.6 Å². The van der Waals surface area contributed by atoms with Gasteiger partial charge >= 0.3 is 0 Å². The second-order valence-electron chi connectivity index (χ2n) is 6.92. The maximum Gasteiger partial charge on any atom is 0.249 e. The zero-order chi connectivity index (χ0) is 17.9. The van der Waals surface area contributed by atoms with Crippen LogP contribution in [0.1, 0.15) is 24.3 Å². The molecule has 0 aromatic carbocycles. The second kappa shape index (κ2) is 5.35. The predicted molar refractivity (Wildman–Crippen MR) is 96.6 cm³/mol. The number of fused-ring (bicyclic) bond motifs is 1. The maximum absolute atomic E-state index is 13.2. The van der Waals surface area contributed by atoms with Crippen molar-refractivity contribution in [2.24, 2.45) is 11.3 Å². The van der Waals surface area contributed by atoms with Crippen LogP contribution in [-0.4, -0.2) is 32.0 Å². The number of amides is 1. The molecule has 0 bridgehead atoms. The van der Waals surface area contributed by atoms with Gasteiger partial charge in [0.1, 0.15) is 16.6 Å². The first-order valence-electron chi connectivity index (χ1n) is 8.63. The standard InChI is InChI=1S/C18H16N6OS/c1-11-20-8-15(26-11)13-9-24-14(4-6-21-24)16(22-13)23-7-5-18(10-19,17(23)25)12-2-3-12/h4,6,8-9,12H,2-3,5,7H2,1H3/t18-/m1/s1. The van der Waals surface area contributed by atoms with E-state index in [1.54, 1.807) is 33.1 Å². The van der Waals surface area contributed by atoms with E-state index in [0.29, 0.717) is 18.8 Å². The van der Waals surface area contributed by atoms with Gasteiger partial charge in [-0.2, -0.15) is 10.4 Å². The number of carbonyl (C=O) groups excluding carboxylic acids is 1. The van der Waals surface area contributed by atoms with Crippen molar-refractivity contribution in [2.45, 2.75) is 26.2 Å². The van der Waals surface area contributed by atoms with Gasteiger partial charge in [0.05, 0.1) is 28.3 Å². The molecule has 7 nitrogen and oxygen atoms in total. The van der Waals surface area contributed by atoms with E-state index in [1.165, 1.54) is 0 Å². The SMILES string of the molecule is Cc1ncc(-c2cn3nccc3c(N3CC[C@@](C#N)(C4CC4)C3=O)n2)s1. The van der Waals surface area contributed by atoms with E-state index >= 15 is 0 Å². The zero-order valence-corrected chi connectivity index (χ0v) is 15.0. The number of hydrogen-bond donors (Lipinski definition) is 0. The largest absolute Gasteiger partial charge is 0.294 e. The lowest BCUT2D eigenvalue weighted by atomic mass is 9.83. The van der Waals surface area contributed by atoms with Crippen LogP contribution in [-0.2, 0) is 4.79 Å². The Labute approximate surface area is 153 Å². The Morgan fingerprint density at radius 2 is 2.27 bits per heavy atom. The molecule has 0 spiro atoms. The summed E-state index contributed by atoms with van der Waals surface area (Å²) >= 11 is 1.55. The third kappa shape index (κ3) is 2.10. The van der Waals surface area contributed by atoms with Gasteiger partial charge in [-0.3, -0.25) is 9.69 Å². The fourth-order valence-electron chi connectivity index (χ4n) is 3.80. The van der Waals surface area contributed by atoms with E-state index in [4.69, 9.17) is 4.98 Å². The van der Waals surface area contributed by atoms with Gasteiger partial charge < -0.3 is 0 Å². The number of anilines is 1. The van der Waals surface area contributed by atoms with Crippen LogP contribution < -0.4 is 4.90 Å². The molecule has 1 saturated heterocycles. The minimum atomic E-state index is -0.879. The number of thiazole rings is 1. The quantitative estimate of drug-likeness (QED) is 0.713. The molecule has 0 N–H and O–H groups in total. The normalized spacial score (nSPS) is 22.9. The van der Waals surface area contributed by atoms with E-state index in [9.17, 15) is 10.1 Å². The predicted octanol–water partition coefficient (Wildman–Crippen LogP) is 2.82. The summed E-state index contributed by atoms with van der Waals surface area (Å²) in [6, 6.07) is 4.18. The van der Waals surface area contributed by atoms with Crippen molar-refractivity contribution >= 4 is 28.6 Å². The molecule has 3 aromatic heterocycles. The lowest BCUT2D eigenvalue weighted by molar-refractivity contribution is -0.123. The summed E-state index contributed by atoms with van der Waals surface area (Å²) < 4.78 is 1.74. The van der Waals surface area contributed by atoms with E-state index in [1.807, 2.05) is 19.2 Å². The first-order chi connectivity index (χ1) is 12.6. The highest BCUT2D eigenvalue weighted by Gasteiger charge is 2.57. The molecule has 1 amide bonds. The summed E-state index contributed by atoms with van der Waals surface area (Å²) in [6.07, 6.45) is 7.83. The molecule has 3 aromatic rings. The van der Waals surface area contributed by atoms with Gasteiger partial charge in [-0.25, -0.2) is 14.5 Å². The van der Waals surface area contributed by atoms with Gasteiger partial charge in [0.25, 0.3) is 0 Å². The average Bonchev–Trinajstić information content (AvgIpc) is 3.08. The Morgan fingerprint density at radius 3 is 2.96 bits per heavy atom. The molecule has 26 heavy (non-hydrogen) atoms. The van der Waals surface area contributed by atoms with Gasteiger partial charge in [0.2, 0.25) is 5.91 Å². The molecular weight excluding hydrogens is 348 g/mol. The number of aromatic nitrogens is 4. The Morgan fingerprint density at radius 1 is 1.42 bits per heavy atom. The highest BCUT2D eigenvalue weighted by Crippen LogP contribution is 2.52. The summed E-state index contributed by atoms with van der Waals surface area (Å²) in [5.41, 5.74) is 0.624. The molecule has 0 radical (unpaired) electrons. The highest BCUT2D eigenvalue weighted by atomic mass is 32.1. The number of nitrogens with zero attached hydrogens (tertiary/aromatic N) is 6. The maximum atomic E-state index is 13.2. The topological polar surface area (TPSA) is 87.2 Å². The number of carbonyl (C=O) groups is 1. The average molecular weight is 364 g/mol. The number of aryl methyl sites for hydroxylation is 1. The Balaban J connectivity index is 1.64. The molecule has 4 heterocycles. The molecular formula is C18H16N6OS. The van der Waals surface area contributed by atoms with E-state index in [0.717, 1.165) is 33.9 Å². The van der Waals surface area contributed by atoms with Crippen molar-refractivity contribution in [1.29, 1.82) is 5.26 Å². The van der Waals surface area contributed by atoms with E-state index in [2.05, 4.69) is 16.2 Å². The minimum absolute atomic E-state index is 0.115. The van der Waals surface area contributed by atoms with Crippen molar-refractivity contribution < 1.29 is 4.79 Å². The van der Waals surface area contributed by atoms with Crippen LogP contribution in [0, 0.1) is 29.6 Å². The molecule has 1 aliphatic carbocycles. The molecule has 0 unspecified atom stereocenters. The first-order valence-corrected chi connectivity index (χ1v) is 9.44. The van der Waals surface area contributed by atoms with Crippen LogP contribution in [0.4, 0.5) is 5.82 Å². The summed E-state index contributed by atoms with van der Waals surface area (Å²) in [5, 5.41) is 15.0. The van der Waals surface area contributed by atoms with Gasteiger partial charge in [0, 0.05) is 12.7 Å². The molecule has 1 aliphatic heterocycles. The van der Waals surface area contributed by atoms with Crippen LogP contribution in [0.3, 0.4) is 0 Å². The molecule has 130 valence electrons. The molecule has 1 saturated carbocycles. The monoisotopic (exact) mass is 364 g/mol. The van der Waals surface area contributed by atoms with Crippen LogP contribution in [0.2, 0.25) is 0 Å². The lowest BCUT2D eigenvalue weighted by Gasteiger charge is -2.21. The number of rotatable bonds is 3. The van der Waals surface area contributed by atoms with E-state index in [-0.39, 0.29) is 11.8 Å². The molecule has 2 fully saturated rings. The fourth-order valence-corrected chi connectivity index (χ4v) is 4.53. The summed E-state index contributed by atoms with van der Waals surface area (Å²) in [4.78, 5) is 24.9. The van der Waals surface area contributed by atoms with Crippen LogP contribution in [0.25, 0.3) is 16.1 Å². The van der Waals surface area contributed by atoms with Crippen LogP contribution >= 0.6 is 11.3 Å². The third-order valence-electron chi connectivity index (χ3n) is 5.33. The van der Waals surface area contributed by atoms with Gasteiger partial charge in [-0.05, 0) is 38.2 Å². The van der Waals surface area contributed by atoms with Crippen molar-refractivity contribution in [2.75, 3.05) is 11.4 Å². The van der Waals surface area contributed by atoms with Gasteiger partial charge in [-0.15, -0.1) is 11.3 Å². The van der Waals surface area contributed by atoms with E-state index < -0.39 is 5.41 Å². The van der Waals surface area contributed by atoms with Crippen molar-refractivity contribution in [3.05, 3.63) is 29.7 Å². The van der Waals surface area contributed by atoms with Crippen LogP contribution in [0.15, 0.2) is 24.7 Å². The first kappa shape index (κ1) is 15.5. The Bertz CT molecular complexity index is 1070. The second-order valence-corrected chi connectivity index (χ2v) is 8.15. The number of nitriles is 1. The highest BCUT2D eigenvalue weighted by molar-refractivity contribution is 7.15. The third-order valence-corrected chi connectivity index (χ3v) is 6.27. The fraction of sp³-hybridized carbons (Fsp3) is 0.389. The molecule has 2 aliphatic rings. The van der Waals surface area contributed by atoms with Crippen molar-refractivity contribution in [3.63, 3.8) is 0 Å².